The van der Waals surface area contributed by atoms with Gasteiger partial charge in [-0.3, -0.25) is 4.48 Å². The zero-order chi connectivity index (χ0) is 11.6. The van der Waals surface area contributed by atoms with Crippen molar-refractivity contribution in [3.05, 3.63) is 42.0 Å². The summed E-state index contributed by atoms with van der Waals surface area (Å²) in [7, 11) is 4.60. The lowest BCUT2D eigenvalue weighted by molar-refractivity contribution is 0.214. The monoisotopic (exact) mass is 212 g/mol. The first kappa shape index (κ1) is 9.86. The molecule has 16 heavy (non-hydrogen) atoms. The van der Waals surface area contributed by atoms with Gasteiger partial charge in [0.1, 0.15) is 11.2 Å². The largest absolute Gasteiger partial charge is 0.287 e. The number of rotatable bonds is 0. The maximum absolute atomic E-state index is 2.34. The minimum absolute atomic E-state index is 0.156. The van der Waals surface area contributed by atoms with Crippen LogP contribution in [0.3, 0.4) is 0 Å². The summed E-state index contributed by atoms with van der Waals surface area (Å²) in [6.45, 7) is 4.67. The molecule has 0 spiro atoms. The van der Waals surface area contributed by atoms with Crippen molar-refractivity contribution < 1.29 is 0 Å². The molecule has 0 saturated carbocycles. The van der Waals surface area contributed by atoms with Crippen molar-refractivity contribution in [1.82, 2.24) is 4.48 Å². The second-order valence-electron chi connectivity index (χ2n) is 5.69. The molecule has 1 heterocycles. The van der Waals surface area contributed by atoms with Crippen molar-refractivity contribution in [2.45, 2.75) is 19.4 Å². The lowest BCUT2D eigenvalue weighted by Crippen LogP contribution is -2.52. The number of hydrogen-bond acceptors (Lipinski definition) is 0. The minimum atomic E-state index is 0.156. The normalized spacial score (nSPS) is 20.2. The van der Waals surface area contributed by atoms with E-state index in [1.807, 2.05) is 0 Å². The maximum Gasteiger partial charge on any atom is 0.141 e. The molecule has 0 aliphatic carbocycles. The first-order valence-electron chi connectivity index (χ1n) is 5.83. The van der Waals surface area contributed by atoms with Crippen LogP contribution in [0.1, 0.15) is 19.4 Å². The highest BCUT2D eigenvalue weighted by atomic mass is 15.4. The third kappa shape index (κ3) is 0.903. The molecular weight excluding hydrogens is 194 g/mol. The first-order chi connectivity index (χ1) is 7.46. The van der Waals surface area contributed by atoms with Crippen LogP contribution in [-0.4, -0.2) is 14.1 Å². The average molecular weight is 212 g/mol. The van der Waals surface area contributed by atoms with Crippen molar-refractivity contribution >= 4 is 16.5 Å². The number of quaternary nitrogens is 1. The third-order valence-corrected chi connectivity index (χ3v) is 4.54. The molecule has 0 radical (unpaired) electrons. The fourth-order valence-electron chi connectivity index (χ4n) is 2.90. The van der Waals surface area contributed by atoms with Crippen molar-refractivity contribution in [3.63, 3.8) is 0 Å². The van der Waals surface area contributed by atoms with Gasteiger partial charge in [0.2, 0.25) is 0 Å². The Morgan fingerprint density at radius 2 is 1.56 bits per heavy atom. The lowest BCUT2D eigenvalue weighted by Gasteiger charge is -2.39. The fraction of sp³-hybridized carbons (Fsp3) is 0.333. The fourth-order valence-corrected chi connectivity index (χ4v) is 2.90. The highest BCUT2D eigenvalue weighted by Crippen LogP contribution is 2.50. The van der Waals surface area contributed by atoms with Crippen molar-refractivity contribution in [2.24, 2.45) is 0 Å². The lowest BCUT2D eigenvalue weighted by atomic mass is 9.92. The Balaban J connectivity index is 2.54. The molecule has 2 aromatic carbocycles. The Morgan fingerprint density at radius 1 is 0.938 bits per heavy atom. The average Bonchev–Trinajstić information content (AvgIpc) is 2.40. The van der Waals surface area contributed by atoms with Crippen LogP contribution in [0.5, 0.6) is 0 Å². The highest BCUT2D eigenvalue weighted by molar-refractivity contribution is 5.99. The Morgan fingerprint density at radius 3 is 2.25 bits per heavy atom. The van der Waals surface area contributed by atoms with E-state index in [1.54, 1.807) is 0 Å². The zero-order valence-electron chi connectivity index (χ0n) is 10.4. The molecule has 1 heteroatoms. The topological polar surface area (TPSA) is 0 Å². The molecular formula is C15H18N+. The molecule has 2 aromatic rings. The van der Waals surface area contributed by atoms with Crippen molar-refractivity contribution in [3.8, 4) is 0 Å². The van der Waals surface area contributed by atoms with Crippen LogP contribution in [0.2, 0.25) is 0 Å². The molecule has 0 aromatic heterocycles. The maximum atomic E-state index is 2.34. The summed E-state index contributed by atoms with van der Waals surface area (Å²) in [5.41, 5.74) is 3.08. The van der Waals surface area contributed by atoms with E-state index in [9.17, 15) is 0 Å². The Bertz CT molecular complexity index is 530. The predicted molar refractivity (Wildman–Crippen MR) is 70.6 cm³/mol. The third-order valence-electron chi connectivity index (χ3n) is 4.54. The summed E-state index contributed by atoms with van der Waals surface area (Å²) in [6.07, 6.45) is 0. The van der Waals surface area contributed by atoms with Gasteiger partial charge in [-0.15, -0.1) is 0 Å². The molecule has 1 aliphatic rings. The van der Waals surface area contributed by atoms with E-state index in [-0.39, 0.29) is 5.54 Å². The molecule has 0 unspecified atom stereocenters. The first-order valence-corrected chi connectivity index (χ1v) is 5.83. The number of nitrogens with zero attached hydrogens (tertiary/aromatic N) is 1. The van der Waals surface area contributed by atoms with Crippen LogP contribution >= 0.6 is 0 Å². The standard InChI is InChI=1S/C15H18N/c1-15(2)12-9-5-7-11-8-6-10-13(14(11)12)16(15,3)4/h5-10H,1-4H3/q+1. The predicted octanol–water partition coefficient (Wildman–Crippen LogP) is 3.66. The van der Waals surface area contributed by atoms with Gasteiger partial charge in [0.05, 0.1) is 19.5 Å². The van der Waals surface area contributed by atoms with Gasteiger partial charge < -0.3 is 0 Å². The van der Waals surface area contributed by atoms with Crippen molar-refractivity contribution in [1.29, 1.82) is 0 Å². The van der Waals surface area contributed by atoms with Crippen LogP contribution in [0, 0.1) is 0 Å². The highest BCUT2D eigenvalue weighted by Gasteiger charge is 2.47. The van der Waals surface area contributed by atoms with Crippen LogP contribution < -0.4 is 4.48 Å². The molecule has 0 saturated heterocycles. The second kappa shape index (κ2) is 2.67. The molecule has 1 aliphatic heterocycles. The van der Waals surface area contributed by atoms with Gasteiger partial charge >= 0.3 is 0 Å². The van der Waals surface area contributed by atoms with Gasteiger partial charge in [-0.1, -0.05) is 30.3 Å². The van der Waals surface area contributed by atoms with Gasteiger partial charge in [-0.2, -0.15) is 0 Å². The van der Waals surface area contributed by atoms with E-state index in [0.29, 0.717) is 0 Å². The van der Waals surface area contributed by atoms with E-state index in [4.69, 9.17) is 0 Å². The Kier molecular flexibility index (Phi) is 1.64. The Hall–Kier alpha value is -1.34. The summed E-state index contributed by atoms with van der Waals surface area (Å²) >= 11 is 0. The summed E-state index contributed by atoms with van der Waals surface area (Å²) in [6, 6.07) is 13.3. The number of benzene rings is 2. The molecule has 0 atom stereocenters. The van der Waals surface area contributed by atoms with Crippen LogP contribution in [-0.2, 0) is 5.54 Å². The molecule has 1 nitrogen and oxygen atoms in total. The summed E-state index contributed by atoms with van der Waals surface area (Å²) in [5.74, 6) is 0. The van der Waals surface area contributed by atoms with Crippen LogP contribution in [0.4, 0.5) is 5.69 Å². The molecule has 0 N–H and O–H groups in total. The van der Waals surface area contributed by atoms with Crippen LogP contribution in [0.25, 0.3) is 10.8 Å². The van der Waals surface area contributed by atoms with Gasteiger partial charge in [0.15, 0.2) is 0 Å². The van der Waals surface area contributed by atoms with Crippen molar-refractivity contribution in [2.75, 3.05) is 14.1 Å². The molecule has 0 bridgehead atoms. The summed E-state index contributed by atoms with van der Waals surface area (Å²) in [4.78, 5) is 0. The Labute approximate surface area is 96.9 Å². The van der Waals surface area contributed by atoms with Gasteiger partial charge in [-0.25, -0.2) is 0 Å². The minimum Gasteiger partial charge on any atom is -0.287 e. The molecule has 0 amide bonds. The second-order valence-corrected chi connectivity index (χ2v) is 5.69. The van der Waals surface area contributed by atoms with Crippen LogP contribution in [0.15, 0.2) is 36.4 Å². The quantitative estimate of drug-likeness (QED) is 0.585. The SMILES string of the molecule is CC1(C)c2cccc3cccc(c23)[N+]1(C)C. The molecule has 82 valence electrons. The van der Waals surface area contributed by atoms with Gasteiger partial charge in [0.25, 0.3) is 0 Å². The number of hydrogen-bond donors (Lipinski definition) is 0. The zero-order valence-corrected chi connectivity index (χ0v) is 10.4. The molecule has 0 fully saturated rings. The van der Waals surface area contributed by atoms with E-state index in [0.717, 1.165) is 4.48 Å². The molecule has 3 rings (SSSR count). The van der Waals surface area contributed by atoms with E-state index in [2.05, 4.69) is 64.3 Å². The van der Waals surface area contributed by atoms with E-state index >= 15 is 0 Å². The van der Waals surface area contributed by atoms with E-state index < -0.39 is 0 Å². The van der Waals surface area contributed by atoms with Gasteiger partial charge in [0, 0.05) is 5.56 Å². The van der Waals surface area contributed by atoms with E-state index in [1.165, 1.54) is 22.0 Å². The van der Waals surface area contributed by atoms with Gasteiger partial charge in [-0.05, 0) is 25.3 Å². The smallest absolute Gasteiger partial charge is 0.141 e. The summed E-state index contributed by atoms with van der Waals surface area (Å²) < 4.78 is 0.934. The summed E-state index contributed by atoms with van der Waals surface area (Å²) in [5, 5.41) is 2.83.